The molecule has 2 unspecified atom stereocenters. The predicted molar refractivity (Wildman–Crippen MR) is 80.9 cm³/mol. The van der Waals surface area contributed by atoms with Crippen molar-refractivity contribution in [3.8, 4) is 0 Å². The molecule has 1 saturated carbocycles. The lowest BCUT2D eigenvalue weighted by Crippen LogP contribution is -2.21. The summed E-state index contributed by atoms with van der Waals surface area (Å²) in [6, 6.07) is 1.53. The minimum absolute atomic E-state index is 0.0353. The summed E-state index contributed by atoms with van der Waals surface area (Å²) in [6.07, 6.45) is 4.69. The van der Waals surface area contributed by atoms with E-state index in [1.54, 1.807) is 13.2 Å². The second-order valence-electron chi connectivity index (χ2n) is 5.43. The number of alkyl halides is 3. The standard InChI is InChI=1S/C14H16Cl3NO2/c1-8-4-3-5-10(8)12(19)9-6-11(18(2)7-9)13(20)14(15,16)17/h6-8,10H,3-5H2,1-2H3. The number of carbonyl (C=O) groups is 2. The van der Waals surface area contributed by atoms with E-state index in [1.807, 2.05) is 0 Å². The molecule has 1 aromatic rings. The molecule has 0 radical (unpaired) electrons. The normalized spacial score (nSPS) is 23.1. The van der Waals surface area contributed by atoms with E-state index in [0.29, 0.717) is 11.5 Å². The Labute approximate surface area is 133 Å². The molecule has 0 bridgehead atoms. The summed E-state index contributed by atoms with van der Waals surface area (Å²) in [5, 5.41) is 0. The molecule has 1 heterocycles. The highest BCUT2D eigenvalue weighted by Gasteiger charge is 2.35. The maximum atomic E-state index is 12.5. The first-order chi connectivity index (χ1) is 9.21. The minimum atomic E-state index is -2.01. The number of rotatable bonds is 3. The Bertz CT molecular complexity index is 545. The van der Waals surface area contributed by atoms with Crippen LogP contribution in [-0.2, 0) is 7.05 Å². The fraction of sp³-hybridized carbons (Fsp3) is 0.571. The Morgan fingerprint density at radius 2 is 1.95 bits per heavy atom. The summed E-state index contributed by atoms with van der Waals surface area (Å²) < 4.78 is -0.468. The fourth-order valence-corrected chi connectivity index (χ4v) is 3.11. The van der Waals surface area contributed by atoms with E-state index >= 15 is 0 Å². The highest BCUT2D eigenvalue weighted by molar-refractivity contribution is 6.77. The van der Waals surface area contributed by atoms with Crippen molar-refractivity contribution in [3.63, 3.8) is 0 Å². The van der Waals surface area contributed by atoms with Crippen LogP contribution in [0.4, 0.5) is 0 Å². The van der Waals surface area contributed by atoms with Gasteiger partial charge in [0.15, 0.2) is 5.78 Å². The molecule has 0 aromatic carbocycles. The third-order valence-electron chi connectivity index (χ3n) is 3.98. The second-order valence-corrected chi connectivity index (χ2v) is 7.71. The van der Waals surface area contributed by atoms with Crippen molar-refractivity contribution in [2.24, 2.45) is 18.9 Å². The molecule has 2 atom stereocenters. The molecule has 1 aliphatic carbocycles. The van der Waals surface area contributed by atoms with E-state index < -0.39 is 9.58 Å². The molecule has 3 nitrogen and oxygen atoms in total. The molecule has 2 rings (SSSR count). The number of aromatic nitrogens is 1. The van der Waals surface area contributed by atoms with Crippen LogP contribution in [0.25, 0.3) is 0 Å². The van der Waals surface area contributed by atoms with Gasteiger partial charge in [0.2, 0.25) is 5.78 Å². The maximum absolute atomic E-state index is 12.5. The molecule has 1 fully saturated rings. The first kappa shape index (κ1) is 15.9. The van der Waals surface area contributed by atoms with E-state index in [1.165, 1.54) is 10.6 Å². The Balaban J connectivity index is 2.27. The number of carbonyl (C=O) groups excluding carboxylic acids is 2. The highest BCUT2D eigenvalue weighted by atomic mass is 35.6. The van der Waals surface area contributed by atoms with Gasteiger partial charge in [-0.05, 0) is 24.8 Å². The maximum Gasteiger partial charge on any atom is 0.255 e. The molecule has 1 aromatic heterocycles. The SMILES string of the molecule is CC1CCCC1C(=O)c1cc(C(=O)C(Cl)(Cl)Cl)n(C)c1. The molecule has 1 aliphatic rings. The van der Waals surface area contributed by atoms with E-state index in [9.17, 15) is 9.59 Å². The van der Waals surface area contributed by atoms with Gasteiger partial charge in [0.05, 0.1) is 5.69 Å². The Morgan fingerprint density at radius 3 is 2.45 bits per heavy atom. The summed E-state index contributed by atoms with van der Waals surface area (Å²) >= 11 is 16.8. The van der Waals surface area contributed by atoms with Crippen LogP contribution in [-0.4, -0.2) is 19.9 Å². The Hall–Kier alpha value is -0.510. The number of hydrogen-bond donors (Lipinski definition) is 0. The van der Waals surface area contributed by atoms with Gasteiger partial charge in [-0.2, -0.15) is 0 Å². The number of Topliss-reactive ketones (excluding diaryl/α,β-unsaturated/α-hetero) is 2. The second kappa shape index (κ2) is 5.70. The first-order valence-corrected chi connectivity index (χ1v) is 7.67. The molecule has 0 amide bonds. The molecule has 110 valence electrons. The van der Waals surface area contributed by atoms with Crippen LogP contribution < -0.4 is 0 Å². The molecule has 0 aliphatic heterocycles. The largest absolute Gasteiger partial charge is 0.347 e. The van der Waals surface area contributed by atoms with Gasteiger partial charge in [-0.1, -0.05) is 48.1 Å². The van der Waals surface area contributed by atoms with Crippen LogP contribution in [0.5, 0.6) is 0 Å². The molecule has 0 saturated heterocycles. The zero-order valence-corrected chi connectivity index (χ0v) is 13.6. The third-order valence-corrected chi connectivity index (χ3v) is 4.49. The zero-order valence-electron chi connectivity index (χ0n) is 11.3. The number of nitrogens with zero attached hydrogens (tertiary/aromatic N) is 1. The number of hydrogen-bond acceptors (Lipinski definition) is 2. The van der Waals surface area contributed by atoms with Crippen molar-refractivity contribution in [1.29, 1.82) is 0 Å². The van der Waals surface area contributed by atoms with Crippen LogP contribution in [0.2, 0.25) is 0 Å². The average Bonchev–Trinajstić information content (AvgIpc) is 2.92. The lowest BCUT2D eigenvalue weighted by molar-refractivity contribution is 0.0897. The predicted octanol–water partition coefficient (Wildman–Crippen LogP) is 4.20. The molecule has 6 heteroatoms. The summed E-state index contributed by atoms with van der Waals surface area (Å²) in [5.74, 6) is -0.124. The number of aryl methyl sites for hydroxylation is 1. The van der Waals surface area contributed by atoms with Gasteiger partial charge in [-0.3, -0.25) is 9.59 Å². The van der Waals surface area contributed by atoms with Gasteiger partial charge in [-0.15, -0.1) is 0 Å². The number of ketones is 2. The molecular weight excluding hydrogens is 321 g/mol. The van der Waals surface area contributed by atoms with Crippen LogP contribution in [0, 0.1) is 11.8 Å². The average molecular weight is 337 g/mol. The fourth-order valence-electron chi connectivity index (χ4n) is 2.82. The smallest absolute Gasteiger partial charge is 0.255 e. The third kappa shape index (κ3) is 3.05. The van der Waals surface area contributed by atoms with E-state index in [4.69, 9.17) is 34.8 Å². The summed E-state index contributed by atoms with van der Waals surface area (Å²) in [6.45, 7) is 2.09. The Kier molecular flexibility index (Phi) is 4.53. The van der Waals surface area contributed by atoms with E-state index in [2.05, 4.69) is 6.92 Å². The van der Waals surface area contributed by atoms with E-state index in [0.717, 1.165) is 19.3 Å². The molecule has 20 heavy (non-hydrogen) atoms. The summed E-state index contributed by atoms with van der Waals surface area (Å²) in [4.78, 5) is 24.5. The van der Waals surface area contributed by atoms with Gasteiger partial charge in [0, 0.05) is 24.7 Å². The molecule has 0 spiro atoms. The van der Waals surface area contributed by atoms with Crippen molar-refractivity contribution in [1.82, 2.24) is 4.57 Å². The lowest BCUT2D eigenvalue weighted by atomic mass is 9.90. The number of halogens is 3. The van der Waals surface area contributed by atoms with Crippen molar-refractivity contribution >= 4 is 46.4 Å². The van der Waals surface area contributed by atoms with Gasteiger partial charge in [0.1, 0.15) is 0 Å². The van der Waals surface area contributed by atoms with Gasteiger partial charge >= 0.3 is 0 Å². The quantitative estimate of drug-likeness (QED) is 0.613. The van der Waals surface area contributed by atoms with Gasteiger partial charge < -0.3 is 4.57 Å². The lowest BCUT2D eigenvalue weighted by Gasteiger charge is -2.12. The topological polar surface area (TPSA) is 39.1 Å². The van der Waals surface area contributed by atoms with Crippen molar-refractivity contribution in [2.75, 3.05) is 0 Å². The van der Waals surface area contributed by atoms with Crippen molar-refractivity contribution in [2.45, 2.75) is 30.0 Å². The van der Waals surface area contributed by atoms with Gasteiger partial charge in [0.25, 0.3) is 3.79 Å². The van der Waals surface area contributed by atoms with Crippen LogP contribution >= 0.6 is 34.8 Å². The first-order valence-electron chi connectivity index (χ1n) is 6.54. The van der Waals surface area contributed by atoms with Crippen LogP contribution in [0.3, 0.4) is 0 Å². The van der Waals surface area contributed by atoms with Crippen LogP contribution in [0.1, 0.15) is 47.0 Å². The monoisotopic (exact) mass is 335 g/mol. The van der Waals surface area contributed by atoms with E-state index in [-0.39, 0.29) is 17.4 Å². The highest BCUT2D eigenvalue weighted by Crippen LogP contribution is 2.35. The summed E-state index contributed by atoms with van der Waals surface area (Å²) in [7, 11) is 1.67. The summed E-state index contributed by atoms with van der Waals surface area (Å²) in [5.41, 5.74) is 0.753. The van der Waals surface area contributed by atoms with Crippen molar-refractivity contribution < 1.29 is 9.59 Å². The molecule has 0 N–H and O–H groups in total. The minimum Gasteiger partial charge on any atom is -0.347 e. The Morgan fingerprint density at radius 1 is 1.30 bits per heavy atom. The van der Waals surface area contributed by atoms with Crippen molar-refractivity contribution in [3.05, 3.63) is 23.5 Å². The molecular formula is C14H16Cl3NO2. The van der Waals surface area contributed by atoms with Gasteiger partial charge in [-0.25, -0.2) is 0 Å². The zero-order chi connectivity index (χ0) is 15.1. The van der Waals surface area contributed by atoms with Crippen LogP contribution in [0.15, 0.2) is 12.3 Å².